The highest BCUT2D eigenvalue weighted by atomic mass is 19.1. The average molecular weight is 334 g/mol. The third kappa shape index (κ3) is 4.31. The quantitative estimate of drug-likeness (QED) is 0.822. The molecule has 1 N–H and O–H groups in total. The summed E-state index contributed by atoms with van der Waals surface area (Å²) in [7, 11) is 0. The van der Waals surface area contributed by atoms with Crippen molar-refractivity contribution < 1.29 is 13.5 Å². The lowest BCUT2D eigenvalue weighted by atomic mass is 10.1. The molecule has 1 aromatic carbocycles. The molecule has 1 aliphatic heterocycles. The summed E-state index contributed by atoms with van der Waals surface area (Å²) < 4.78 is 31.6. The second-order valence-electron chi connectivity index (χ2n) is 5.66. The van der Waals surface area contributed by atoms with Gasteiger partial charge in [0.05, 0.1) is 6.54 Å². The summed E-state index contributed by atoms with van der Waals surface area (Å²) in [5.41, 5.74) is 0. The van der Waals surface area contributed by atoms with Crippen LogP contribution in [0.15, 0.2) is 30.6 Å². The SMILES string of the molecule is Fc1ccc(OCCNc2cc(N3CCCCC3)ncn2)c(F)c1. The predicted molar refractivity (Wildman–Crippen MR) is 88.4 cm³/mol. The maximum Gasteiger partial charge on any atom is 0.167 e. The first-order valence-corrected chi connectivity index (χ1v) is 8.11. The second kappa shape index (κ2) is 7.90. The number of rotatable bonds is 6. The van der Waals surface area contributed by atoms with Gasteiger partial charge in [0.25, 0.3) is 0 Å². The number of anilines is 2. The third-order valence-corrected chi connectivity index (χ3v) is 3.89. The average Bonchev–Trinajstić information content (AvgIpc) is 2.61. The zero-order valence-electron chi connectivity index (χ0n) is 13.3. The van der Waals surface area contributed by atoms with Gasteiger partial charge in [0.15, 0.2) is 11.6 Å². The Hall–Kier alpha value is -2.44. The number of benzene rings is 1. The van der Waals surface area contributed by atoms with E-state index in [2.05, 4.69) is 20.2 Å². The maximum absolute atomic E-state index is 13.4. The third-order valence-electron chi connectivity index (χ3n) is 3.89. The topological polar surface area (TPSA) is 50.3 Å². The van der Waals surface area contributed by atoms with Gasteiger partial charge in [0.1, 0.15) is 30.4 Å². The van der Waals surface area contributed by atoms with Gasteiger partial charge in [-0.05, 0) is 31.4 Å². The van der Waals surface area contributed by atoms with E-state index in [4.69, 9.17) is 4.74 Å². The van der Waals surface area contributed by atoms with Gasteiger partial charge in [-0.15, -0.1) is 0 Å². The van der Waals surface area contributed by atoms with Gasteiger partial charge in [-0.2, -0.15) is 0 Å². The molecule has 0 aliphatic carbocycles. The first-order valence-electron chi connectivity index (χ1n) is 8.11. The molecular weight excluding hydrogens is 314 g/mol. The van der Waals surface area contributed by atoms with Gasteiger partial charge in [0.2, 0.25) is 0 Å². The second-order valence-corrected chi connectivity index (χ2v) is 5.66. The van der Waals surface area contributed by atoms with Gasteiger partial charge in [-0.1, -0.05) is 0 Å². The van der Waals surface area contributed by atoms with Crippen LogP contribution in [0, 0.1) is 11.6 Å². The zero-order chi connectivity index (χ0) is 16.8. The monoisotopic (exact) mass is 334 g/mol. The molecule has 24 heavy (non-hydrogen) atoms. The molecule has 5 nitrogen and oxygen atoms in total. The van der Waals surface area contributed by atoms with Gasteiger partial charge >= 0.3 is 0 Å². The molecule has 1 saturated heterocycles. The van der Waals surface area contributed by atoms with E-state index in [1.165, 1.54) is 37.7 Å². The highest BCUT2D eigenvalue weighted by Crippen LogP contribution is 2.19. The van der Waals surface area contributed by atoms with Crippen molar-refractivity contribution in [3.63, 3.8) is 0 Å². The van der Waals surface area contributed by atoms with Gasteiger partial charge in [-0.3, -0.25) is 0 Å². The number of nitrogens with zero attached hydrogens (tertiary/aromatic N) is 3. The maximum atomic E-state index is 13.4. The molecule has 7 heteroatoms. The number of piperidine rings is 1. The number of hydrogen-bond acceptors (Lipinski definition) is 5. The molecule has 2 heterocycles. The van der Waals surface area contributed by atoms with Crippen LogP contribution in [0.2, 0.25) is 0 Å². The number of halogens is 2. The van der Waals surface area contributed by atoms with E-state index in [1.807, 2.05) is 6.07 Å². The molecule has 0 unspecified atom stereocenters. The van der Waals surface area contributed by atoms with Crippen LogP contribution in [0.1, 0.15) is 19.3 Å². The highest BCUT2D eigenvalue weighted by molar-refractivity contribution is 5.48. The summed E-state index contributed by atoms with van der Waals surface area (Å²) >= 11 is 0. The lowest BCUT2D eigenvalue weighted by molar-refractivity contribution is 0.314. The summed E-state index contributed by atoms with van der Waals surface area (Å²) in [5, 5.41) is 3.13. The van der Waals surface area contributed by atoms with Crippen LogP contribution >= 0.6 is 0 Å². The number of hydrogen-bond donors (Lipinski definition) is 1. The normalized spacial score (nSPS) is 14.5. The van der Waals surface area contributed by atoms with Gasteiger partial charge < -0.3 is 15.0 Å². The number of ether oxygens (including phenoxy) is 1. The molecule has 0 saturated carbocycles. The van der Waals surface area contributed by atoms with Crippen molar-refractivity contribution in [2.45, 2.75) is 19.3 Å². The van der Waals surface area contributed by atoms with Crippen molar-refractivity contribution >= 4 is 11.6 Å². The van der Waals surface area contributed by atoms with Crippen molar-refractivity contribution in [2.24, 2.45) is 0 Å². The molecule has 0 bridgehead atoms. The summed E-state index contributed by atoms with van der Waals surface area (Å²) in [6, 6.07) is 5.16. The van der Waals surface area contributed by atoms with Crippen LogP contribution in [0.4, 0.5) is 20.4 Å². The van der Waals surface area contributed by atoms with E-state index < -0.39 is 11.6 Å². The summed E-state index contributed by atoms with van der Waals surface area (Å²) in [6.07, 6.45) is 5.17. The smallest absolute Gasteiger partial charge is 0.167 e. The Morgan fingerprint density at radius 1 is 1.08 bits per heavy atom. The summed E-state index contributed by atoms with van der Waals surface area (Å²) in [6.45, 7) is 2.73. The Bertz CT molecular complexity index is 677. The Balaban J connectivity index is 1.49. The van der Waals surface area contributed by atoms with Gasteiger partial charge in [-0.25, -0.2) is 18.7 Å². The molecular formula is C17H20F2N4O. The molecule has 1 aromatic heterocycles. The number of nitrogens with one attached hydrogen (secondary N) is 1. The molecule has 2 aromatic rings. The van der Waals surface area contributed by atoms with Crippen LogP contribution in [-0.2, 0) is 0 Å². The Kier molecular flexibility index (Phi) is 5.40. The first-order chi connectivity index (χ1) is 11.7. The van der Waals surface area contributed by atoms with Crippen molar-refractivity contribution in [2.75, 3.05) is 36.5 Å². The molecule has 0 atom stereocenters. The molecule has 128 valence electrons. The van der Waals surface area contributed by atoms with E-state index in [9.17, 15) is 8.78 Å². The molecule has 0 radical (unpaired) electrons. The fraction of sp³-hybridized carbons (Fsp3) is 0.412. The molecule has 0 amide bonds. The van der Waals surface area contributed by atoms with E-state index in [0.717, 1.165) is 25.0 Å². The van der Waals surface area contributed by atoms with E-state index in [1.54, 1.807) is 0 Å². The lowest BCUT2D eigenvalue weighted by Crippen LogP contribution is -2.30. The Morgan fingerprint density at radius 2 is 1.92 bits per heavy atom. The predicted octanol–water partition coefficient (Wildman–Crippen LogP) is 3.24. The van der Waals surface area contributed by atoms with Crippen LogP contribution in [0.3, 0.4) is 0 Å². The van der Waals surface area contributed by atoms with E-state index in [-0.39, 0.29) is 12.4 Å². The fourth-order valence-corrected chi connectivity index (χ4v) is 2.67. The standard InChI is InChI=1S/C17H20F2N4O/c18-13-4-5-15(14(19)10-13)24-9-6-20-16-11-17(22-12-21-16)23-7-2-1-3-8-23/h4-5,10-12H,1-3,6-9H2,(H,20,21,22). The van der Waals surface area contributed by atoms with Crippen LogP contribution in [-0.4, -0.2) is 36.2 Å². The Morgan fingerprint density at radius 3 is 2.71 bits per heavy atom. The molecule has 1 aliphatic rings. The minimum Gasteiger partial charge on any atom is -0.489 e. The molecule has 3 rings (SSSR count). The molecule has 1 fully saturated rings. The van der Waals surface area contributed by atoms with Gasteiger partial charge in [0, 0.05) is 25.2 Å². The molecule has 0 spiro atoms. The Labute approximate surface area is 139 Å². The first kappa shape index (κ1) is 16.4. The minimum absolute atomic E-state index is 0.0369. The van der Waals surface area contributed by atoms with Crippen molar-refractivity contribution in [1.82, 2.24) is 9.97 Å². The largest absolute Gasteiger partial charge is 0.489 e. The van der Waals surface area contributed by atoms with Crippen LogP contribution in [0.25, 0.3) is 0 Å². The van der Waals surface area contributed by atoms with Crippen LogP contribution < -0.4 is 15.0 Å². The van der Waals surface area contributed by atoms with E-state index >= 15 is 0 Å². The fourth-order valence-electron chi connectivity index (χ4n) is 2.67. The zero-order valence-corrected chi connectivity index (χ0v) is 13.3. The number of aromatic nitrogens is 2. The van der Waals surface area contributed by atoms with Crippen molar-refractivity contribution in [3.8, 4) is 5.75 Å². The minimum atomic E-state index is -0.704. The summed E-state index contributed by atoms with van der Waals surface area (Å²) in [5.74, 6) is 0.329. The van der Waals surface area contributed by atoms with E-state index in [0.29, 0.717) is 12.4 Å². The lowest BCUT2D eigenvalue weighted by Gasteiger charge is -2.27. The highest BCUT2D eigenvalue weighted by Gasteiger charge is 2.12. The van der Waals surface area contributed by atoms with Crippen LogP contribution in [0.5, 0.6) is 5.75 Å². The summed E-state index contributed by atoms with van der Waals surface area (Å²) in [4.78, 5) is 10.7. The van der Waals surface area contributed by atoms with Crippen molar-refractivity contribution in [1.29, 1.82) is 0 Å². The van der Waals surface area contributed by atoms with Crippen molar-refractivity contribution in [3.05, 3.63) is 42.2 Å².